The van der Waals surface area contributed by atoms with Gasteiger partial charge in [-0.1, -0.05) is 88.6 Å². The van der Waals surface area contributed by atoms with Gasteiger partial charge in [0.05, 0.1) is 24.2 Å². The Morgan fingerprint density at radius 2 is 1.79 bits per heavy atom. The van der Waals surface area contributed by atoms with Crippen molar-refractivity contribution in [3.05, 3.63) is 82.2 Å². The monoisotopic (exact) mass is 442 g/mol. The van der Waals surface area contributed by atoms with Crippen LogP contribution in [0.25, 0.3) is 10.4 Å². The molecule has 0 radical (unpaired) electrons. The summed E-state index contributed by atoms with van der Waals surface area (Å²) in [5.74, 6) is -0.211. The van der Waals surface area contributed by atoms with Crippen LogP contribution in [0.4, 0.5) is 0 Å². The number of halogens is 1. The first-order valence-electron chi connectivity index (χ1n) is 9.30. The van der Waals surface area contributed by atoms with Crippen LogP contribution in [0.1, 0.15) is 43.5 Å². The zero-order valence-electron chi connectivity index (χ0n) is 15.8. The first-order chi connectivity index (χ1) is 13.5. The highest BCUT2D eigenvalue weighted by Crippen LogP contribution is 2.55. The van der Waals surface area contributed by atoms with Crippen LogP contribution in [0.3, 0.4) is 0 Å². The molecule has 146 valence electrons. The van der Waals surface area contributed by atoms with Crippen LogP contribution in [0.15, 0.2) is 65.8 Å². The molecule has 1 amide bonds. The molecule has 1 aliphatic rings. The number of carbonyl (C=O) groups excluding carboxylic acids is 1. The molecule has 2 aromatic carbocycles. The molecular formula is C21H23BrN4O2. The second kappa shape index (κ2) is 8.35. The minimum Gasteiger partial charge on any atom is -0.391 e. The van der Waals surface area contributed by atoms with Crippen molar-refractivity contribution in [2.45, 2.75) is 48.8 Å². The Morgan fingerprint density at radius 3 is 2.32 bits per heavy atom. The molecule has 1 saturated heterocycles. The van der Waals surface area contributed by atoms with Gasteiger partial charge in [0.25, 0.3) is 0 Å². The number of hydrogen-bond acceptors (Lipinski definition) is 3. The molecule has 5 atom stereocenters. The minimum atomic E-state index is -1.24. The van der Waals surface area contributed by atoms with Crippen LogP contribution in [-0.4, -0.2) is 32.4 Å². The summed E-state index contributed by atoms with van der Waals surface area (Å²) < 4.78 is -1.24. The molecule has 0 bridgehead atoms. The van der Waals surface area contributed by atoms with E-state index in [1.807, 2.05) is 74.5 Å². The number of aliphatic hydroxyl groups excluding tert-OH is 1. The van der Waals surface area contributed by atoms with Crippen molar-refractivity contribution in [3.63, 3.8) is 0 Å². The largest absolute Gasteiger partial charge is 0.391 e. The van der Waals surface area contributed by atoms with Crippen molar-refractivity contribution in [1.82, 2.24) is 4.90 Å². The SMILES string of the molecule is CC[C@H](N=[N+]=[N-])[C@H](O)[C@]1(Br)C(=O)N([C@@H](C)c2ccccc2)[C@H]1c1ccccc1. The highest BCUT2D eigenvalue weighted by atomic mass is 79.9. The molecule has 0 aromatic heterocycles. The predicted octanol–water partition coefficient (Wildman–Crippen LogP) is 4.91. The van der Waals surface area contributed by atoms with E-state index in [-0.39, 0.29) is 11.9 Å². The van der Waals surface area contributed by atoms with Crippen LogP contribution in [0.2, 0.25) is 0 Å². The van der Waals surface area contributed by atoms with E-state index in [0.29, 0.717) is 6.42 Å². The lowest BCUT2D eigenvalue weighted by molar-refractivity contribution is -0.164. The normalized spacial score (nSPS) is 24.6. The summed E-state index contributed by atoms with van der Waals surface area (Å²) in [4.78, 5) is 18.0. The molecule has 1 heterocycles. The molecule has 0 spiro atoms. The van der Waals surface area contributed by atoms with Crippen molar-refractivity contribution < 1.29 is 9.90 Å². The Morgan fingerprint density at radius 1 is 1.21 bits per heavy atom. The van der Waals surface area contributed by atoms with Crippen LogP contribution in [0, 0.1) is 0 Å². The Balaban J connectivity index is 2.04. The number of alkyl halides is 1. The van der Waals surface area contributed by atoms with Crippen molar-refractivity contribution in [2.24, 2.45) is 5.11 Å². The summed E-state index contributed by atoms with van der Waals surface area (Å²) in [6.45, 7) is 3.80. The van der Waals surface area contributed by atoms with Gasteiger partial charge in [-0.3, -0.25) is 4.79 Å². The van der Waals surface area contributed by atoms with Gasteiger partial charge in [-0.05, 0) is 30.0 Å². The third-order valence-electron chi connectivity index (χ3n) is 5.47. The van der Waals surface area contributed by atoms with Crippen molar-refractivity contribution in [3.8, 4) is 0 Å². The quantitative estimate of drug-likeness (QED) is 0.217. The number of β-lactam (4-membered cyclic amide) rings is 1. The molecule has 0 aliphatic carbocycles. The van der Waals surface area contributed by atoms with E-state index in [4.69, 9.17) is 5.53 Å². The van der Waals surface area contributed by atoms with Gasteiger partial charge in [0, 0.05) is 4.91 Å². The second-order valence-electron chi connectivity index (χ2n) is 7.01. The first kappa shape index (κ1) is 20.4. The van der Waals surface area contributed by atoms with Crippen LogP contribution in [-0.2, 0) is 4.79 Å². The maximum absolute atomic E-state index is 13.3. The number of nitrogens with zero attached hydrogens (tertiary/aromatic N) is 4. The molecule has 1 fully saturated rings. The van der Waals surface area contributed by atoms with Crippen molar-refractivity contribution in [1.29, 1.82) is 0 Å². The average Bonchev–Trinajstić information content (AvgIpc) is 2.75. The van der Waals surface area contributed by atoms with Crippen LogP contribution >= 0.6 is 15.9 Å². The standard InChI is InChI=1S/C21H23BrN4O2/c1-3-17(24-25-23)19(27)21(22)18(16-12-8-5-9-13-16)26(20(21)28)14(2)15-10-6-4-7-11-15/h4-14,17-19,27H,3H2,1-2H3/t14-,17-,18-,19-,21-/m0/s1. The van der Waals surface area contributed by atoms with E-state index in [2.05, 4.69) is 26.0 Å². The average molecular weight is 443 g/mol. The molecule has 1 N–H and O–H groups in total. The van der Waals surface area contributed by atoms with Crippen molar-refractivity contribution >= 4 is 21.8 Å². The fourth-order valence-corrected chi connectivity index (χ4v) is 4.90. The Bertz CT molecular complexity index is 872. The fraction of sp³-hybridized carbons (Fsp3) is 0.381. The van der Waals surface area contributed by atoms with Gasteiger partial charge < -0.3 is 10.0 Å². The maximum Gasteiger partial charge on any atom is 0.245 e. The van der Waals surface area contributed by atoms with E-state index < -0.39 is 22.5 Å². The summed E-state index contributed by atoms with van der Waals surface area (Å²) in [6.07, 6.45) is -0.716. The zero-order valence-corrected chi connectivity index (χ0v) is 17.4. The molecule has 1 aliphatic heterocycles. The summed E-state index contributed by atoms with van der Waals surface area (Å²) in [6, 6.07) is 18.2. The lowest BCUT2D eigenvalue weighted by atomic mass is 9.74. The zero-order chi connectivity index (χ0) is 20.3. The number of amides is 1. The highest BCUT2D eigenvalue weighted by Gasteiger charge is 2.65. The molecule has 28 heavy (non-hydrogen) atoms. The fourth-order valence-electron chi connectivity index (χ4n) is 3.90. The smallest absolute Gasteiger partial charge is 0.245 e. The Kier molecular flexibility index (Phi) is 6.08. The van der Waals surface area contributed by atoms with Gasteiger partial charge in [0.15, 0.2) is 4.32 Å². The van der Waals surface area contributed by atoms with Crippen LogP contribution < -0.4 is 0 Å². The summed E-state index contributed by atoms with van der Waals surface area (Å²) >= 11 is 3.57. The van der Waals surface area contributed by atoms with E-state index >= 15 is 0 Å². The van der Waals surface area contributed by atoms with Gasteiger partial charge in [-0.25, -0.2) is 0 Å². The van der Waals surface area contributed by atoms with Gasteiger partial charge in [-0.2, -0.15) is 0 Å². The van der Waals surface area contributed by atoms with E-state index in [1.165, 1.54) is 0 Å². The number of azide groups is 1. The van der Waals surface area contributed by atoms with Gasteiger partial charge in [0.1, 0.15) is 0 Å². The molecule has 0 saturated carbocycles. The third-order valence-corrected chi connectivity index (χ3v) is 6.71. The number of aliphatic hydroxyl groups is 1. The Hall–Kier alpha value is -2.34. The Labute approximate surface area is 172 Å². The van der Waals surface area contributed by atoms with Crippen LogP contribution in [0.5, 0.6) is 0 Å². The molecular weight excluding hydrogens is 420 g/mol. The molecule has 6 nitrogen and oxygen atoms in total. The number of hydrogen-bond donors (Lipinski definition) is 1. The lowest BCUT2D eigenvalue weighted by Gasteiger charge is -2.58. The van der Waals surface area contributed by atoms with Gasteiger partial charge in [-0.15, -0.1) is 0 Å². The molecule has 7 heteroatoms. The number of benzene rings is 2. The third kappa shape index (κ3) is 3.30. The number of likely N-dealkylation sites (tertiary alicyclic amines) is 1. The van der Waals surface area contributed by atoms with E-state index in [0.717, 1.165) is 11.1 Å². The number of carbonyl (C=O) groups is 1. The summed E-state index contributed by atoms with van der Waals surface area (Å²) in [5.41, 5.74) is 10.8. The lowest BCUT2D eigenvalue weighted by Crippen LogP contribution is -2.71. The summed E-state index contributed by atoms with van der Waals surface area (Å²) in [7, 11) is 0. The van der Waals surface area contributed by atoms with E-state index in [9.17, 15) is 9.90 Å². The van der Waals surface area contributed by atoms with E-state index in [1.54, 1.807) is 4.90 Å². The molecule has 3 rings (SSSR count). The second-order valence-corrected chi connectivity index (χ2v) is 8.32. The van der Waals surface area contributed by atoms with Crippen molar-refractivity contribution in [2.75, 3.05) is 0 Å². The molecule has 0 unspecified atom stereocenters. The maximum atomic E-state index is 13.3. The van der Waals surface area contributed by atoms with Gasteiger partial charge in [0.2, 0.25) is 5.91 Å². The topological polar surface area (TPSA) is 89.3 Å². The summed E-state index contributed by atoms with van der Waals surface area (Å²) in [5, 5.41) is 14.7. The first-order valence-corrected chi connectivity index (χ1v) is 10.1. The predicted molar refractivity (Wildman–Crippen MR) is 112 cm³/mol. The van der Waals surface area contributed by atoms with Gasteiger partial charge >= 0.3 is 0 Å². The highest BCUT2D eigenvalue weighted by molar-refractivity contribution is 9.10. The number of rotatable bonds is 7. The molecule has 2 aromatic rings. The minimum absolute atomic E-state index is 0.170.